The van der Waals surface area contributed by atoms with Crippen molar-refractivity contribution in [2.75, 3.05) is 38.0 Å². The fourth-order valence-electron chi connectivity index (χ4n) is 3.56. The lowest BCUT2D eigenvalue weighted by Crippen LogP contribution is -2.50. The van der Waals surface area contributed by atoms with Gasteiger partial charge in [0.25, 0.3) is 0 Å². The highest BCUT2D eigenvalue weighted by Gasteiger charge is 2.27. The van der Waals surface area contributed by atoms with E-state index in [0.717, 1.165) is 5.56 Å². The number of aromatic nitrogens is 2. The number of fused-ring (bicyclic) bond motifs is 1. The van der Waals surface area contributed by atoms with Crippen molar-refractivity contribution in [3.8, 4) is 0 Å². The zero-order valence-electron chi connectivity index (χ0n) is 16.3. The average Bonchev–Trinajstić information content (AvgIpc) is 3.08. The molecule has 4 rings (SSSR count). The van der Waals surface area contributed by atoms with Crippen LogP contribution >= 0.6 is 0 Å². The molecule has 0 spiro atoms. The van der Waals surface area contributed by atoms with Gasteiger partial charge in [-0.1, -0.05) is 30.3 Å². The molecule has 9 nitrogen and oxygen atoms in total. The highest BCUT2D eigenvalue weighted by atomic mass is 32.2. The summed E-state index contributed by atoms with van der Waals surface area (Å²) in [4.78, 5) is 30.9. The summed E-state index contributed by atoms with van der Waals surface area (Å²) in [6.45, 7) is 1.88. The second kappa shape index (κ2) is 8.42. The third kappa shape index (κ3) is 4.78. The van der Waals surface area contributed by atoms with Crippen LogP contribution in [0.5, 0.6) is 0 Å². The number of benzene rings is 2. The lowest BCUT2D eigenvalue weighted by molar-refractivity contribution is -0.117. The van der Waals surface area contributed by atoms with Crippen LogP contribution in [-0.4, -0.2) is 66.2 Å². The molecule has 1 aliphatic heterocycles. The Kier molecular flexibility index (Phi) is 5.71. The van der Waals surface area contributed by atoms with Crippen LogP contribution in [0.4, 0.5) is 5.69 Å². The number of nitrogens with one attached hydrogen (secondary N) is 3. The summed E-state index contributed by atoms with van der Waals surface area (Å²) < 4.78 is 26.8. The molecule has 0 saturated carbocycles. The monoisotopic (exact) mass is 429 g/mol. The third-order valence-corrected chi connectivity index (χ3v) is 6.93. The number of nitrogens with zero attached hydrogens (tertiary/aromatic N) is 2. The number of aromatic amines is 2. The maximum absolute atomic E-state index is 12.6. The van der Waals surface area contributed by atoms with Gasteiger partial charge in [-0.05, 0) is 23.8 Å². The molecule has 10 heteroatoms. The number of carbonyl (C=O) groups is 1. The van der Waals surface area contributed by atoms with Crippen LogP contribution in [0, 0.1) is 0 Å². The van der Waals surface area contributed by atoms with Crippen molar-refractivity contribution in [2.45, 2.75) is 5.75 Å². The molecule has 1 fully saturated rings. The highest BCUT2D eigenvalue weighted by molar-refractivity contribution is 7.88. The van der Waals surface area contributed by atoms with Crippen molar-refractivity contribution in [2.24, 2.45) is 0 Å². The van der Waals surface area contributed by atoms with Gasteiger partial charge in [0.2, 0.25) is 15.9 Å². The van der Waals surface area contributed by atoms with Crippen LogP contribution in [-0.2, 0) is 20.6 Å². The number of anilines is 1. The second-order valence-corrected chi connectivity index (χ2v) is 9.27. The van der Waals surface area contributed by atoms with Gasteiger partial charge in [0.15, 0.2) is 0 Å². The van der Waals surface area contributed by atoms with Crippen LogP contribution in [0.2, 0.25) is 0 Å². The minimum absolute atomic E-state index is 0.0158. The summed E-state index contributed by atoms with van der Waals surface area (Å²) in [5.41, 5.74) is 2.35. The highest BCUT2D eigenvalue weighted by Crippen LogP contribution is 2.16. The molecule has 30 heavy (non-hydrogen) atoms. The van der Waals surface area contributed by atoms with Crippen LogP contribution in [0.3, 0.4) is 0 Å². The van der Waals surface area contributed by atoms with E-state index in [0.29, 0.717) is 42.9 Å². The number of imidazole rings is 1. The lowest BCUT2D eigenvalue weighted by Gasteiger charge is -2.33. The molecular weight excluding hydrogens is 406 g/mol. The summed E-state index contributed by atoms with van der Waals surface area (Å²) in [6, 6.07) is 14.3. The zero-order valence-corrected chi connectivity index (χ0v) is 17.1. The maximum atomic E-state index is 12.6. The molecule has 0 unspecified atom stereocenters. The minimum Gasteiger partial charge on any atom is -0.325 e. The predicted octanol–water partition coefficient (Wildman–Crippen LogP) is 0.942. The summed E-state index contributed by atoms with van der Waals surface area (Å²) in [6.07, 6.45) is 0. The van der Waals surface area contributed by atoms with Crippen LogP contribution in [0.15, 0.2) is 53.3 Å². The zero-order chi connectivity index (χ0) is 21.1. The number of piperazine rings is 1. The Labute approximate surface area is 173 Å². The van der Waals surface area contributed by atoms with E-state index in [1.54, 1.807) is 30.3 Å². The van der Waals surface area contributed by atoms with Crippen LogP contribution < -0.4 is 11.0 Å². The first-order valence-electron chi connectivity index (χ1n) is 9.65. The molecule has 3 aromatic rings. The Morgan fingerprint density at radius 2 is 1.67 bits per heavy atom. The first kappa shape index (κ1) is 20.3. The Bertz CT molecular complexity index is 1190. The van der Waals surface area contributed by atoms with Gasteiger partial charge in [-0.3, -0.25) is 9.69 Å². The van der Waals surface area contributed by atoms with Crippen molar-refractivity contribution in [1.82, 2.24) is 19.2 Å². The van der Waals surface area contributed by atoms with Gasteiger partial charge < -0.3 is 15.3 Å². The average molecular weight is 430 g/mol. The summed E-state index contributed by atoms with van der Waals surface area (Å²) in [5, 5.41) is 2.82. The fourth-order valence-corrected chi connectivity index (χ4v) is 5.07. The topological polar surface area (TPSA) is 118 Å². The first-order chi connectivity index (χ1) is 14.4. The Balaban J connectivity index is 1.29. The summed E-state index contributed by atoms with van der Waals surface area (Å²) in [7, 11) is -3.38. The molecule has 1 aromatic heterocycles. The maximum Gasteiger partial charge on any atom is 0.323 e. The molecule has 3 N–H and O–H groups in total. The Morgan fingerprint density at radius 1 is 0.967 bits per heavy atom. The molecular formula is C20H23N5O4S. The standard InChI is InChI=1S/C20H23N5O4S/c26-19(21-16-6-7-17-18(12-16)23-20(27)22-17)13-24-8-10-25(11-9-24)30(28,29)14-15-4-2-1-3-5-15/h1-7,12H,8-11,13-14H2,(H,21,26)(H2,22,23,27). The van der Waals surface area contributed by atoms with Crippen molar-refractivity contribution >= 4 is 32.7 Å². The van der Waals surface area contributed by atoms with Gasteiger partial charge in [0.1, 0.15) is 0 Å². The van der Waals surface area contributed by atoms with Gasteiger partial charge in [-0.2, -0.15) is 4.31 Å². The molecule has 2 heterocycles. The Morgan fingerprint density at radius 3 is 2.40 bits per heavy atom. The number of amides is 1. The van der Waals surface area contributed by atoms with E-state index in [4.69, 9.17) is 0 Å². The fraction of sp³-hybridized carbons (Fsp3) is 0.300. The Hall–Kier alpha value is -2.95. The van der Waals surface area contributed by atoms with Gasteiger partial charge in [-0.25, -0.2) is 13.2 Å². The van der Waals surface area contributed by atoms with E-state index in [1.165, 1.54) is 4.31 Å². The number of hydrogen-bond acceptors (Lipinski definition) is 5. The van der Waals surface area contributed by atoms with E-state index >= 15 is 0 Å². The molecule has 1 saturated heterocycles. The molecule has 0 radical (unpaired) electrons. The molecule has 0 atom stereocenters. The molecule has 158 valence electrons. The number of H-pyrrole nitrogens is 2. The third-order valence-electron chi connectivity index (χ3n) is 5.08. The number of carbonyl (C=O) groups excluding carboxylic acids is 1. The number of rotatable bonds is 6. The van der Waals surface area contributed by atoms with Crippen molar-refractivity contribution < 1.29 is 13.2 Å². The van der Waals surface area contributed by atoms with Crippen molar-refractivity contribution in [3.63, 3.8) is 0 Å². The summed E-state index contributed by atoms with van der Waals surface area (Å²) in [5.74, 6) is -0.203. The largest absolute Gasteiger partial charge is 0.325 e. The van der Waals surface area contributed by atoms with Crippen molar-refractivity contribution in [3.05, 3.63) is 64.6 Å². The number of hydrogen-bond donors (Lipinski definition) is 3. The van der Waals surface area contributed by atoms with Gasteiger partial charge >= 0.3 is 5.69 Å². The van der Waals surface area contributed by atoms with Gasteiger partial charge in [0, 0.05) is 31.9 Å². The van der Waals surface area contributed by atoms with Crippen LogP contribution in [0.1, 0.15) is 5.56 Å². The molecule has 1 amide bonds. The van der Waals surface area contributed by atoms with E-state index < -0.39 is 10.0 Å². The van der Waals surface area contributed by atoms with E-state index in [1.807, 2.05) is 23.1 Å². The van der Waals surface area contributed by atoms with Crippen LogP contribution in [0.25, 0.3) is 11.0 Å². The smallest absolute Gasteiger partial charge is 0.323 e. The number of sulfonamides is 1. The molecule has 0 bridgehead atoms. The summed E-state index contributed by atoms with van der Waals surface area (Å²) >= 11 is 0. The second-order valence-electron chi connectivity index (χ2n) is 7.30. The normalized spacial score (nSPS) is 16.0. The van der Waals surface area contributed by atoms with E-state index in [2.05, 4.69) is 15.3 Å². The van der Waals surface area contributed by atoms with Crippen molar-refractivity contribution in [1.29, 1.82) is 0 Å². The van der Waals surface area contributed by atoms with Gasteiger partial charge in [0.05, 0.1) is 23.3 Å². The first-order valence-corrected chi connectivity index (χ1v) is 11.3. The van der Waals surface area contributed by atoms with Gasteiger partial charge in [-0.15, -0.1) is 0 Å². The molecule has 2 aromatic carbocycles. The lowest BCUT2D eigenvalue weighted by atomic mass is 10.2. The SMILES string of the molecule is O=C(CN1CCN(S(=O)(=O)Cc2ccccc2)CC1)Nc1ccc2[nH]c(=O)[nH]c2c1. The minimum atomic E-state index is -3.38. The van der Waals surface area contributed by atoms with E-state index in [-0.39, 0.29) is 23.9 Å². The molecule has 1 aliphatic rings. The predicted molar refractivity (Wildman–Crippen MR) is 115 cm³/mol. The molecule has 0 aliphatic carbocycles. The quantitative estimate of drug-likeness (QED) is 0.539. The van der Waals surface area contributed by atoms with E-state index in [9.17, 15) is 18.0 Å².